The number of halogens is 1. The number of thiophene rings is 1. The summed E-state index contributed by atoms with van der Waals surface area (Å²) in [5.41, 5.74) is -0.215. The largest absolute Gasteiger partial charge is 0.496 e. The van der Waals surface area contributed by atoms with Crippen LogP contribution in [0.5, 0.6) is 5.75 Å². The van der Waals surface area contributed by atoms with Crippen LogP contribution in [0, 0.1) is 10.1 Å². The minimum Gasteiger partial charge on any atom is -0.496 e. The predicted molar refractivity (Wildman–Crippen MR) is 91.5 cm³/mol. The fourth-order valence-corrected chi connectivity index (χ4v) is 3.02. The first-order chi connectivity index (χ1) is 11.9. The van der Waals surface area contributed by atoms with Crippen LogP contribution in [0.3, 0.4) is 0 Å². The van der Waals surface area contributed by atoms with Crippen LogP contribution in [0.2, 0.25) is 4.34 Å². The Bertz CT molecular complexity index is 835. The summed E-state index contributed by atoms with van der Waals surface area (Å²) < 4.78 is 10.1. The van der Waals surface area contributed by atoms with E-state index in [1.54, 1.807) is 12.1 Å². The average Bonchev–Trinajstić information content (AvgIpc) is 3.04. The molecule has 0 fully saturated rings. The van der Waals surface area contributed by atoms with Crippen molar-refractivity contribution < 1.29 is 24.0 Å². The smallest absolute Gasteiger partial charge is 0.341 e. The highest BCUT2D eigenvalue weighted by Crippen LogP contribution is 2.29. The molecule has 0 unspecified atom stereocenters. The Morgan fingerprint density at radius 3 is 2.56 bits per heavy atom. The first kappa shape index (κ1) is 18.7. The highest BCUT2D eigenvalue weighted by atomic mass is 35.5. The van der Waals surface area contributed by atoms with Crippen molar-refractivity contribution in [1.82, 2.24) is 5.32 Å². The Labute approximate surface area is 151 Å². The SMILES string of the molecule is COC(=O)c1cc([N+](=O)[O-])c(CNC(=O)c2ccc(Cl)s2)cc1OC. The number of hydrogen-bond acceptors (Lipinski definition) is 7. The Morgan fingerprint density at radius 2 is 2.04 bits per heavy atom. The van der Waals surface area contributed by atoms with E-state index in [4.69, 9.17) is 16.3 Å². The minimum absolute atomic E-state index is 0.0724. The summed E-state index contributed by atoms with van der Waals surface area (Å²) in [4.78, 5) is 34.8. The summed E-state index contributed by atoms with van der Waals surface area (Å²) in [5.74, 6) is -1.06. The topological polar surface area (TPSA) is 108 Å². The number of esters is 1. The summed E-state index contributed by atoms with van der Waals surface area (Å²) in [6, 6.07) is 5.52. The molecule has 10 heteroatoms. The molecular formula is C15H13ClN2O6S. The lowest BCUT2D eigenvalue weighted by molar-refractivity contribution is -0.385. The molecule has 0 saturated heterocycles. The van der Waals surface area contributed by atoms with Crippen molar-refractivity contribution in [2.45, 2.75) is 6.54 Å². The number of methoxy groups -OCH3 is 2. The van der Waals surface area contributed by atoms with Crippen molar-refractivity contribution in [3.8, 4) is 5.75 Å². The van der Waals surface area contributed by atoms with E-state index in [1.807, 2.05) is 0 Å². The molecule has 0 radical (unpaired) electrons. The number of rotatable bonds is 6. The molecule has 1 amide bonds. The van der Waals surface area contributed by atoms with Crippen LogP contribution >= 0.6 is 22.9 Å². The fourth-order valence-electron chi connectivity index (χ4n) is 2.06. The normalized spacial score (nSPS) is 10.2. The lowest BCUT2D eigenvalue weighted by Crippen LogP contribution is -2.22. The molecule has 132 valence electrons. The summed E-state index contributed by atoms with van der Waals surface area (Å²) in [5, 5.41) is 13.9. The molecule has 1 aromatic carbocycles. The molecule has 25 heavy (non-hydrogen) atoms. The van der Waals surface area contributed by atoms with Crippen LogP contribution in [-0.2, 0) is 11.3 Å². The van der Waals surface area contributed by atoms with E-state index in [0.29, 0.717) is 9.21 Å². The molecule has 8 nitrogen and oxygen atoms in total. The number of amides is 1. The number of nitro groups is 1. The van der Waals surface area contributed by atoms with Gasteiger partial charge in [-0.15, -0.1) is 11.3 Å². The van der Waals surface area contributed by atoms with Crippen molar-refractivity contribution in [3.63, 3.8) is 0 Å². The van der Waals surface area contributed by atoms with Gasteiger partial charge in [0.05, 0.1) is 40.5 Å². The van der Waals surface area contributed by atoms with Crippen LogP contribution in [0.25, 0.3) is 0 Å². The molecule has 1 heterocycles. The third kappa shape index (κ3) is 4.25. The maximum Gasteiger partial charge on any atom is 0.341 e. The number of carbonyl (C=O) groups excluding carboxylic acids is 2. The second-order valence-electron chi connectivity index (χ2n) is 4.72. The van der Waals surface area contributed by atoms with Crippen LogP contribution in [0.1, 0.15) is 25.6 Å². The first-order valence-corrected chi connectivity index (χ1v) is 8.04. The summed E-state index contributed by atoms with van der Waals surface area (Å²) in [6.07, 6.45) is 0. The highest BCUT2D eigenvalue weighted by Gasteiger charge is 2.23. The second-order valence-corrected chi connectivity index (χ2v) is 6.43. The van der Waals surface area contributed by atoms with Gasteiger partial charge in [-0.3, -0.25) is 14.9 Å². The molecule has 1 aromatic heterocycles. The van der Waals surface area contributed by atoms with E-state index in [1.165, 1.54) is 13.2 Å². The van der Waals surface area contributed by atoms with Crippen LogP contribution in [0.15, 0.2) is 24.3 Å². The zero-order valence-electron chi connectivity index (χ0n) is 13.2. The van der Waals surface area contributed by atoms with Crippen LogP contribution < -0.4 is 10.1 Å². The molecule has 0 bridgehead atoms. The Balaban J connectivity index is 2.31. The monoisotopic (exact) mass is 384 g/mol. The van der Waals surface area contributed by atoms with Gasteiger partial charge in [0.1, 0.15) is 11.3 Å². The Hall–Kier alpha value is -2.65. The van der Waals surface area contributed by atoms with Gasteiger partial charge in [-0.05, 0) is 18.2 Å². The second kappa shape index (κ2) is 7.95. The number of carbonyl (C=O) groups is 2. The number of ether oxygens (including phenoxy) is 2. The van der Waals surface area contributed by atoms with E-state index in [-0.39, 0.29) is 29.1 Å². The predicted octanol–water partition coefficient (Wildman–Crippen LogP) is 3.03. The van der Waals surface area contributed by atoms with Gasteiger partial charge >= 0.3 is 5.97 Å². The van der Waals surface area contributed by atoms with E-state index >= 15 is 0 Å². The Kier molecular flexibility index (Phi) is 5.94. The number of hydrogen-bond donors (Lipinski definition) is 1. The van der Waals surface area contributed by atoms with E-state index < -0.39 is 16.8 Å². The summed E-state index contributed by atoms with van der Waals surface area (Å²) >= 11 is 6.87. The van der Waals surface area contributed by atoms with Gasteiger partial charge in [-0.1, -0.05) is 11.6 Å². The molecule has 0 saturated carbocycles. The third-order valence-corrected chi connectivity index (χ3v) is 4.47. The first-order valence-electron chi connectivity index (χ1n) is 6.84. The zero-order valence-corrected chi connectivity index (χ0v) is 14.8. The number of nitrogens with zero attached hydrogens (tertiary/aromatic N) is 1. The summed E-state index contributed by atoms with van der Waals surface area (Å²) in [7, 11) is 2.48. The molecule has 0 aliphatic rings. The molecular weight excluding hydrogens is 372 g/mol. The van der Waals surface area contributed by atoms with Crippen molar-refractivity contribution in [1.29, 1.82) is 0 Å². The van der Waals surface area contributed by atoms with Gasteiger partial charge in [0, 0.05) is 6.07 Å². The van der Waals surface area contributed by atoms with Crippen LogP contribution in [0.4, 0.5) is 5.69 Å². The van der Waals surface area contributed by atoms with Gasteiger partial charge in [0.25, 0.3) is 11.6 Å². The maximum atomic E-state index is 12.1. The molecule has 2 aromatic rings. The molecule has 0 aliphatic carbocycles. The van der Waals surface area contributed by atoms with Gasteiger partial charge in [-0.2, -0.15) is 0 Å². The highest BCUT2D eigenvalue weighted by molar-refractivity contribution is 7.17. The molecule has 2 rings (SSSR count). The average molecular weight is 385 g/mol. The molecule has 0 spiro atoms. The van der Waals surface area contributed by atoms with Gasteiger partial charge in [-0.25, -0.2) is 4.79 Å². The third-order valence-electron chi connectivity index (χ3n) is 3.24. The molecule has 0 aliphatic heterocycles. The van der Waals surface area contributed by atoms with Crippen molar-refractivity contribution in [2.24, 2.45) is 0 Å². The minimum atomic E-state index is -0.760. The van der Waals surface area contributed by atoms with Gasteiger partial charge in [0.2, 0.25) is 0 Å². The lowest BCUT2D eigenvalue weighted by Gasteiger charge is -2.11. The lowest BCUT2D eigenvalue weighted by atomic mass is 10.1. The zero-order chi connectivity index (χ0) is 18.6. The van der Waals surface area contributed by atoms with Crippen molar-refractivity contribution in [3.05, 3.63) is 54.7 Å². The fraction of sp³-hybridized carbons (Fsp3) is 0.200. The van der Waals surface area contributed by atoms with E-state index in [9.17, 15) is 19.7 Å². The maximum absolute atomic E-state index is 12.1. The van der Waals surface area contributed by atoms with Crippen molar-refractivity contribution in [2.75, 3.05) is 14.2 Å². The van der Waals surface area contributed by atoms with Gasteiger partial charge in [0.15, 0.2) is 0 Å². The van der Waals surface area contributed by atoms with E-state index in [0.717, 1.165) is 24.5 Å². The number of nitro benzene ring substituents is 1. The Morgan fingerprint density at radius 1 is 1.32 bits per heavy atom. The van der Waals surface area contributed by atoms with Crippen molar-refractivity contribution >= 4 is 40.5 Å². The van der Waals surface area contributed by atoms with Crippen LogP contribution in [-0.4, -0.2) is 31.0 Å². The molecule has 0 atom stereocenters. The number of benzene rings is 1. The number of nitrogens with one attached hydrogen (secondary N) is 1. The van der Waals surface area contributed by atoms with Gasteiger partial charge < -0.3 is 14.8 Å². The van der Waals surface area contributed by atoms with E-state index in [2.05, 4.69) is 10.1 Å². The standard InChI is InChI=1S/C15H13ClN2O6S/c1-23-11-5-8(7-17-14(19)12-3-4-13(16)25-12)10(18(21)22)6-9(11)15(20)24-2/h3-6H,7H2,1-2H3,(H,17,19). The molecule has 1 N–H and O–H groups in total. The quantitative estimate of drug-likeness (QED) is 0.466. The summed E-state index contributed by atoms with van der Waals surface area (Å²) in [6.45, 7) is -0.123.